The summed E-state index contributed by atoms with van der Waals surface area (Å²) in [5.41, 5.74) is 2.32. The van der Waals surface area contributed by atoms with Crippen molar-refractivity contribution in [3.63, 3.8) is 0 Å². The van der Waals surface area contributed by atoms with Gasteiger partial charge in [-0.15, -0.1) is 11.3 Å². The predicted molar refractivity (Wildman–Crippen MR) is 115 cm³/mol. The Kier molecular flexibility index (Phi) is 5.51. The first-order valence-electron chi connectivity index (χ1n) is 9.74. The molecule has 0 unspecified atom stereocenters. The summed E-state index contributed by atoms with van der Waals surface area (Å²) in [6.07, 6.45) is 1.86. The molecule has 1 saturated carbocycles. The zero-order valence-corrected chi connectivity index (χ0v) is 17.4. The first-order chi connectivity index (χ1) is 14.5. The molecule has 0 atom stereocenters. The smallest absolute Gasteiger partial charge is 0.227 e. The molecule has 0 bridgehead atoms. The molecular weight excluding hydrogens is 398 g/mol. The minimum absolute atomic E-state index is 0.0425. The molecule has 0 aliphatic heterocycles. The monoisotopic (exact) mass is 419 g/mol. The fourth-order valence-electron chi connectivity index (χ4n) is 3.41. The molecule has 1 N–H and O–H groups in total. The van der Waals surface area contributed by atoms with Crippen molar-refractivity contribution in [2.45, 2.75) is 25.7 Å². The molecule has 0 saturated heterocycles. The van der Waals surface area contributed by atoms with Crippen molar-refractivity contribution < 1.29 is 14.3 Å². The van der Waals surface area contributed by atoms with E-state index in [4.69, 9.17) is 10.00 Å². The summed E-state index contributed by atoms with van der Waals surface area (Å²) in [7, 11) is 1.63. The van der Waals surface area contributed by atoms with Gasteiger partial charge in [-0.3, -0.25) is 9.59 Å². The quantitative estimate of drug-likeness (QED) is 0.598. The number of amides is 1. The lowest BCUT2D eigenvalue weighted by Gasteiger charge is -2.08. The molecule has 152 valence electrons. The molecule has 2 aromatic carbocycles. The number of thiazole rings is 1. The van der Waals surface area contributed by atoms with E-state index in [2.05, 4.69) is 16.4 Å². The second-order valence-electron chi connectivity index (χ2n) is 7.55. The Morgan fingerprint density at radius 2 is 2.03 bits per heavy atom. The molecular formula is C23H21N3O3S. The first-order valence-corrected chi connectivity index (χ1v) is 10.6. The van der Waals surface area contributed by atoms with Crippen LogP contribution in [0.25, 0.3) is 21.3 Å². The Morgan fingerprint density at radius 3 is 2.70 bits per heavy atom. The van der Waals surface area contributed by atoms with Crippen LogP contribution in [0, 0.1) is 16.7 Å². The highest BCUT2D eigenvalue weighted by molar-refractivity contribution is 7.18. The number of rotatable bonds is 8. The molecule has 0 spiro atoms. The molecule has 1 aliphatic carbocycles. The van der Waals surface area contributed by atoms with Crippen LogP contribution in [0.2, 0.25) is 0 Å². The molecule has 1 heterocycles. The van der Waals surface area contributed by atoms with Crippen molar-refractivity contribution >= 4 is 33.2 Å². The number of ketones is 1. The van der Waals surface area contributed by atoms with Crippen LogP contribution in [0.15, 0.2) is 42.5 Å². The molecule has 4 rings (SSSR count). The number of benzene rings is 2. The van der Waals surface area contributed by atoms with Crippen molar-refractivity contribution in [2.24, 2.45) is 5.41 Å². The maximum Gasteiger partial charge on any atom is 0.227 e. The van der Waals surface area contributed by atoms with Gasteiger partial charge in [0.1, 0.15) is 10.8 Å². The number of hydrogen-bond donors (Lipinski definition) is 1. The van der Waals surface area contributed by atoms with E-state index in [1.807, 2.05) is 42.5 Å². The van der Waals surface area contributed by atoms with Crippen molar-refractivity contribution in [2.75, 3.05) is 13.7 Å². The Morgan fingerprint density at radius 1 is 1.27 bits per heavy atom. The van der Waals surface area contributed by atoms with Gasteiger partial charge in [0.25, 0.3) is 0 Å². The summed E-state index contributed by atoms with van der Waals surface area (Å²) < 4.78 is 6.51. The van der Waals surface area contributed by atoms with Crippen LogP contribution in [0.5, 0.6) is 5.75 Å². The lowest BCUT2D eigenvalue weighted by Crippen LogP contribution is -2.31. The van der Waals surface area contributed by atoms with Crippen LogP contribution >= 0.6 is 11.3 Å². The van der Waals surface area contributed by atoms with E-state index < -0.39 is 5.41 Å². The number of carbonyl (C=O) groups is 2. The van der Waals surface area contributed by atoms with Gasteiger partial charge in [-0.2, -0.15) is 5.26 Å². The second kappa shape index (κ2) is 8.25. The maximum absolute atomic E-state index is 12.3. The van der Waals surface area contributed by atoms with Crippen molar-refractivity contribution in [3.8, 4) is 22.9 Å². The average molecular weight is 420 g/mol. The zero-order chi connectivity index (χ0) is 21.1. The molecule has 0 radical (unpaired) electrons. The van der Waals surface area contributed by atoms with E-state index in [1.54, 1.807) is 7.11 Å². The van der Waals surface area contributed by atoms with Gasteiger partial charge in [0.15, 0.2) is 5.78 Å². The van der Waals surface area contributed by atoms with E-state index >= 15 is 0 Å². The van der Waals surface area contributed by atoms with E-state index in [9.17, 15) is 9.59 Å². The molecule has 1 aromatic heterocycles. The van der Waals surface area contributed by atoms with Crippen molar-refractivity contribution in [3.05, 3.63) is 47.5 Å². The second-order valence-corrected chi connectivity index (χ2v) is 8.67. The maximum atomic E-state index is 12.3. The highest BCUT2D eigenvalue weighted by atomic mass is 32.1. The SMILES string of the molecule is COc1cc2nc(CC(=O)NCC(=O)CC3(C#N)CC3)sc2cc1-c1ccccc1. The predicted octanol–water partition coefficient (Wildman–Crippen LogP) is 3.89. The van der Waals surface area contributed by atoms with E-state index in [1.165, 1.54) is 11.3 Å². The van der Waals surface area contributed by atoms with Crippen LogP contribution in [-0.2, 0) is 16.0 Å². The summed E-state index contributed by atoms with van der Waals surface area (Å²) in [5, 5.41) is 12.4. The average Bonchev–Trinajstić information content (AvgIpc) is 3.42. The number of fused-ring (bicyclic) bond motifs is 1. The number of nitrogens with zero attached hydrogens (tertiary/aromatic N) is 2. The largest absolute Gasteiger partial charge is 0.496 e. The van der Waals surface area contributed by atoms with Crippen LogP contribution in [0.3, 0.4) is 0 Å². The third kappa shape index (κ3) is 4.34. The lowest BCUT2D eigenvalue weighted by molar-refractivity contribution is -0.125. The first kappa shape index (κ1) is 20.0. The Hall–Kier alpha value is -3.24. The van der Waals surface area contributed by atoms with Gasteiger partial charge in [-0.1, -0.05) is 30.3 Å². The number of nitrogens with one attached hydrogen (secondary N) is 1. The topological polar surface area (TPSA) is 92.1 Å². The fraction of sp³-hybridized carbons (Fsp3) is 0.304. The molecule has 6 nitrogen and oxygen atoms in total. The van der Waals surface area contributed by atoms with Gasteiger partial charge in [0, 0.05) is 18.1 Å². The number of methoxy groups -OCH3 is 1. The number of ether oxygens (including phenoxy) is 1. The van der Waals surface area contributed by atoms with E-state index in [0.29, 0.717) is 5.01 Å². The molecule has 30 heavy (non-hydrogen) atoms. The minimum Gasteiger partial charge on any atom is -0.496 e. The Balaban J connectivity index is 1.44. The van der Waals surface area contributed by atoms with E-state index in [0.717, 1.165) is 39.9 Å². The van der Waals surface area contributed by atoms with Gasteiger partial charge in [0.2, 0.25) is 5.91 Å². The number of carbonyl (C=O) groups excluding carboxylic acids is 2. The summed E-state index contributed by atoms with van der Waals surface area (Å²) in [6.45, 7) is -0.0425. The Bertz CT molecular complexity index is 1140. The van der Waals surface area contributed by atoms with E-state index in [-0.39, 0.29) is 31.1 Å². The van der Waals surface area contributed by atoms with Gasteiger partial charge < -0.3 is 10.1 Å². The van der Waals surface area contributed by atoms with Crippen molar-refractivity contribution in [1.29, 1.82) is 5.26 Å². The Labute approximate surface area is 178 Å². The summed E-state index contributed by atoms with van der Waals surface area (Å²) in [4.78, 5) is 28.8. The van der Waals surface area contributed by atoms with Crippen LogP contribution < -0.4 is 10.1 Å². The van der Waals surface area contributed by atoms with Crippen LogP contribution in [0.1, 0.15) is 24.3 Å². The number of aromatic nitrogens is 1. The van der Waals surface area contributed by atoms with Crippen molar-refractivity contribution in [1.82, 2.24) is 10.3 Å². The molecule has 1 aliphatic rings. The van der Waals surface area contributed by atoms with Gasteiger partial charge in [0.05, 0.1) is 41.8 Å². The third-order valence-electron chi connectivity index (χ3n) is 5.26. The summed E-state index contributed by atoms with van der Waals surface area (Å²) in [5.74, 6) is 0.371. The standard InChI is InChI=1S/C23H21N3O3S/c1-29-19-10-18-20(9-17(19)15-5-3-2-4-6-15)30-22(26-18)11-21(28)25-13-16(27)12-23(14-24)7-8-23/h2-6,9-10H,7-8,11-13H2,1H3,(H,25,28). The lowest BCUT2D eigenvalue weighted by atomic mass is 10.0. The number of Topliss-reactive ketones (excluding diaryl/α,β-unsaturated/α-hetero) is 1. The number of nitriles is 1. The minimum atomic E-state index is -0.482. The van der Waals surface area contributed by atoms with Crippen LogP contribution in [-0.4, -0.2) is 30.3 Å². The van der Waals surface area contributed by atoms with Gasteiger partial charge in [-0.25, -0.2) is 4.98 Å². The molecule has 1 fully saturated rings. The highest BCUT2D eigenvalue weighted by Gasteiger charge is 2.44. The summed E-state index contributed by atoms with van der Waals surface area (Å²) in [6, 6.07) is 16.1. The third-order valence-corrected chi connectivity index (χ3v) is 6.28. The van der Waals surface area contributed by atoms with Gasteiger partial charge >= 0.3 is 0 Å². The molecule has 7 heteroatoms. The molecule has 1 amide bonds. The van der Waals surface area contributed by atoms with Crippen LogP contribution in [0.4, 0.5) is 0 Å². The number of hydrogen-bond acceptors (Lipinski definition) is 6. The zero-order valence-electron chi connectivity index (χ0n) is 16.6. The highest BCUT2D eigenvalue weighted by Crippen LogP contribution is 2.48. The van der Waals surface area contributed by atoms with Gasteiger partial charge in [-0.05, 0) is 24.5 Å². The normalized spacial score (nSPS) is 14.1. The molecule has 3 aromatic rings. The fourth-order valence-corrected chi connectivity index (χ4v) is 4.39. The summed E-state index contributed by atoms with van der Waals surface area (Å²) >= 11 is 1.46.